The first-order valence-corrected chi connectivity index (χ1v) is 9.20. The van der Waals surface area contributed by atoms with Crippen molar-refractivity contribution in [2.24, 2.45) is 0 Å². The summed E-state index contributed by atoms with van der Waals surface area (Å²) in [7, 11) is 1.55. The third kappa shape index (κ3) is 4.93. The third-order valence-corrected chi connectivity index (χ3v) is 4.48. The number of amides is 4. The number of ether oxygens (including phenoxy) is 2. The van der Waals surface area contributed by atoms with Gasteiger partial charge in [-0.3, -0.25) is 14.5 Å². The Balaban J connectivity index is 1.54. The molecule has 9 heteroatoms. The summed E-state index contributed by atoms with van der Waals surface area (Å²) < 4.78 is 10.3. The van der Waals surface area contributed by atoms with Crippen molar-refractivity contribution in [3.05, 3.63) is 59.7 Å². The molecule has 1 fully saturated rings. The number of rotatable bonds is 7. The summed E-state index contributed by atoms with van der Waals surface area (Å²) in [5.74, 6) is -0.775. The molecule has 0 spiro atoms. The van der Waals surface area contributed by atoms with Crippen molar-refractivity contribution in [3.8, 4) is 5.75 Å². The molecule has 156 valence electrons. The molecule has 1 heterocycles. The van der Waals surface area contributed by atoms with Crippen LogP contribution in [0.15, 0.2) is 48.5 Å². The first-order chi connectivity index (χ1) is 14.4. The molecular weight excluding hydrogens is 390 g/mol. The van der Waals surface area contributed by atoms with Gasteiger partial charge in [0.2, 0.25) is 5.91 Å². The van der Waals surface area contributed by atoms with Gasteiger partial charge < -0.3 is 20.1 Å². The van der Waals surface area contributed by atoms with E-state index in [1.54, 1.807) is 43.5 Å². The van der Waals surface area contributed by atoms with Crippen LogP contribution < -0.4 is 15.4 Å². The molecule has 1 atom stereocenters. The van der Waals surface area contributed by atoms with Crippen LogP contribution in [0, 0.1) is 0 Å². The topological polar surface area (TPSA) is 114 Å². The maximum absolute atomic E-state index is 12.3. The number of carbonyl (C=O) groups excluding carboxylic acids is 4. The highest BCUT2D eigenvalue weighted by Crippen LogP contribution is 2.16. The molecule has 30 heavy (non-hydrogen) atoms. The maximum atomic E-state index is 12.3. The maximum Gasteiger partial charge on any atom is 0.338 e. The molecule has 0 unspecified atom stereocenters. The quantitative estimate of drug-likeness (QED) is 0.532. The molecule has 4 amide bonds. The molecule has 9 nitrogen and oxygen atoms in total. The summed E-state index contributed by atoms with van der Waals surface area (Å²) in [6, 6.07) is 12.6. The number of esters is 1. The zero-order valence-electron chi connectivity index (χ0n) is 16.5. The van der Waals surface area contributed by atoms with Crippen LogP contribution in [0.25, 0.3) is 0 Å². The number of hydrogen-bond acceptors (Lipinski definition) is 6. The standard InChI is InChI=1S/C21H21N3O6/c1-13(19(26)23-16-7-9-17(29-2)10-8-16)30-20(27)15-5-3-14(4-6-15)12-24-18(25)11-22-21(24)28/h3-10,13H,11-12H2,1-2H3,(H,22,28)(H,23,26)/t13-/m1/s1. The fraction of sp³-hybridized carbons (Fsp3) is 0.238. The van der Waals surface area contributed by atoms with E-state index < -0.39 is 24.0 Å². The van der Waals surface area contributed by atoms with E-state index in [2.05, 4.69) is 10.6 Å². The molecule has 1 aliphatic rings. The van der Waals surface area contributed by atoms with Gasteiger partial charge in [0, 0.05) is 5.69 Å². The molecule has 0 aliphatic carbocycles. The molecule has 2 aromatic carbocycles. The van der Waals surface area contributed by atoms with E-state index in [9.17, 15) is 19.2 Å². The minimum Gasteiger partial charge on any atom is -0.497 e. The molecular formula is C21H21N3O6. The van der Waals surface area contributed by atoms with Crippen molar-refractivity contribution >= 4 is 29.5 Å². The molecule has 1 aliphatic heterocycles. The second kappa shape index (κ2) is 9.08. The molecule has 0 aromatic heterocycles. The summed E-state index contributed by atoms with van der Waals surface area (Å²) in [5, 5.41) is 5.10. The lowest BCUT2D eigenvalue weighted by molar-refractivity contribution is -0.125. The van der Waals surface area contributed by atoms with Crippen LogP contribution in [0.5, 0.6) is 5.75 Å². The predicted octanol–water partition coefficient (Wildman–Crippen LogP) is 1.93. The summed E-state index contributed by atoms with van der Waals surface area (Å²) in [6.07, 6.45) is -1.01. The molecule has 0 saturated carbocycles. The average molecular weight is 411 g/mol. The highest BCUT2D eigenvalue weighted by atomic mass is 16.5. The number of nitrogens with one attached hydrogen (secondary N) is 2. The molecule has 3 rings (SSSR count). The van der Waals surface area contributed by atoms with E-state index in [1.807, 2.05) is 0 Å². The highest BCUT2D eigenvalue weighted by molar-refractivity contribution is 6.02. The Hall–Kier alpha value is -3.88. The molecule has 1 saturated heterocycles. The number of benzene rings is 2. The number of methoxy groups -OCH3 is 1. The Morgan fingerprint density at radius 2 is 1.77 bits per heavy atom. The summed E-state index contributed by atoms with van der Waals surface area (Å²) >= 11 is 0. The smallest absolute Gasteiger partial charge is 0.338 e. The lowest BCUT2D eigenvalue weighted by Crippen LogP contribution is -2.30. The minimum atomic E-state index is -1.01. The van der Waals surface area contributed by atoms with E-state index in [-0.39, 0.29) is 24.6 Å². The van der Waals surface area contributed by atoms with Crippen LogP contribution in [-0.2, 0) is 20.9 Å². The normalized spacial score (nSPS) is 14.1. The van der Waals surface area contributed by atoms with E-state index in [0.29, 0.717) is 17.0 Å². The van der Waals surface area contributed by atoms with Crippen LogP contribution >= 0.6 is 0 Å². The second-order valence-electron chi connectivity index (χ2n) is 6.60. The Bertz CT molecular complexity index is 940. The van der Waals surface area contributed by atoms with Gasteiger partial charge in [-0.05, 0) is 48.9 Å². The molecule has 2 aromatic rings. The first-order valence-electron chi connectivity index (χ1n) is 9.20. The number of nitrogens with zero attached hydrogens (tertiary/aromatic N) is 1. The van der Waals surface area contributed by atoms with Gasteiger partial charge in [-0.2, -0.15) is 0 Å². The van der Waals surface area contributed by atoms with Gasteiger partial charge in [0.25, 0.3) is 5.91 Å². The van der Waals surface area contributed by atoms with E-state index in [4.69, 9.17) is 9.47 Å². The zero-order valence-corrected chi connectivity index (χ0v) is 16.5. The number of anilines is 1. The van der Waals surface area contributed by atoms with Crippen molar-refractivity contribution < 1.29 is 28.7 Å². The Labute approximate surface area is 172 Å². The fourth-order valence-corrected chi connectivity index (χ4v) is 2.74. The lowest BCUT2D eigenvalue weighted by Gasteiger charge is -2.15. The number of imide groups is 1. The van der Waals surface area contributed by atoms with Crippen molar-refractivity contribution in [1.82, 2.24) is 10.2 Å². The number of hydrogen-bond donors (Lipinski definition) is 2. The minimum absolute atomic E-state index is 0.0142. The number of urea groups is 1. The van der Waals surface area contributed by atoms with Gasteiger partial charge in [0.1, 0.15) is 5.75 Å². The van der Waals surface area contributed by atoms with E-state index in [0.717, 1.165) is 4.90 Å². The average Bonchev–Trinajstić information content (AvgIpc) is 3.06. The van der Waals surface area contributed by atoms with Gasteiger partial charge in [-0.25, -0.2) is 9.59 Å². The van der Waals surface area contributed by atoms with Gasteiger partial charge in [0.15, 0.2) is 6.10 Å². The van der Waals surface area contributed by atoms with Crippen molar-refractivity contribution in [3.63, 3.8) is 0 Å². The summed E-state index contributed by atoms with van der Waals surface area (Å²) in [6.45, 7) is 1.57. The van der Waals surface area contributed by atoms with Gasteiger partial charge in [0.05, 0.1) is 25.8 Å². The van der Waals surface area contributed by atoms with E-state index in [1.165, 1.54) is 19.1 Å². The number of carbonyl (C=O) groups is 4. The SMILES string of the molecule is COc1ccc(NC(=O)[C@@H](C)OC(=O)c2ccc(CN3C(=O)CNC3=O)cc2)cc1. The second-order valence-corrected chi connectivity index (χ2v) is 6.60. The predicted molar refractivity (Wildman–Crippen MR) is 107 cm³/mol. The van der Waals surface area contributed by atoms with Crippen LogP contribution in [-0.4, -0.2) is 48.5 Å². The Kier molecular flexibility index (Phi) is 6.31. The lowest BCUT2D eigenvalue weighted by atomic mass is 10.1. The van der Waals surface area contributed by atoms with Gasteiger partial charge >= 0.3 is 12.0 Å². The van der Waals surface area contributed by atoms with Crippen molar-refractivity contribution in [1.29, 1.82) is 0 Å². The van der Waals surface area contributed by atoms with Crippen LogP contribution in [0.1, 0.15) is 22.8 Å². The first kappa shape index (κ1) is 20.8. The monoisotopic (exact) mass is 411 g/mol. The van der Waals surface area contributed by atoms with Crippen LogP contribution in [0.4, 0.5) is 10.5 Å². The fourth-order valence-electron chi connectivity index (χ4n) is 2.74. The van der Waals surface area contributed by atoms with Gasteiger partial charge in [-0.15, -0.1) is 0 Å². The van der Waals surface area contributed by atoms with E-state index >= 15 is 0 Å². The molecule has 2 N–H and O–H groups in total. The third-order valence-electron chi connectivity index (χ3n) is 4.48. The Morgan fingerprint density at radius 3 is 2.33 bits per heavy atom. The van der Waals surface area contributed by atoms with Gasteiger partial charge in [-0.1, -0.05) is 12.1 Å². The van der Waals surface area contributed by atoms with Crippen LogP contribution in [0.3, 0.4) is 0 Å². The molecule has 0 bridgehead atoms. The Morgan fingerprint density at radius 1 is 1.10 bits per heavy atom. The summed E-state index contributed by atoms with van der Waals surface area (Å²) in [5.41, 5.74) is 1.48. The molecule has 0 radical (unpaired) electrons. The largest absolute Gasteiger partial charge is 0.497 e. The zero-order chi connectivity index (χ0) is 21.7. The van der Waals surface area contributed by atoms with Crippen molar-refractivity contribution in [2.75, 3.05) is 19.0 Å². The van der Waals surface area contributed by atoms with Crippen molar-refractivity contribution in [2.45, 2.75) is 19.6 Å². The summed E-state index contributed by atoms with van der Waals surface area (Å²) in [4.78, 5) is 48.9. The van der Waals surface area contributed by atoms with Crippen LogP contribution in [0.2, 0.25) is 0 Å². The highest BCUT2D eigenvalue weighted by Gasteiger charge is 2.28.